The predicted molar refractivity (Wildman–Crippen MR) is 75.8 cm³/mol. The van der Waals surface area contributed by atoms with E-state index in [1.807, 2.05) is 0 Å². The Morgan fingerprint density at radius 2 is 2.10 bits per heavy atom. The summed E-state index contributed by atoms with van der Waals surface area (Å²) in [6, 6.07) is 4.96. The zero-order chi connectivity index (χ0) is 14.8. The third-order valence-corrected chi connectivity index (χ3v) is 4.23. The number of nitrogens with one attached hydrogen (secondary N) is 3. The normalized spacial score (nSPS) is 11.6. The Kier molecular flexibility index (Phi) is 4.32. The van der Waals surface area contributed by atoms with E-state index in [1.54, 1.807) is 7.05 Å². The Bertz CT molecular complexity index is 715. The first-order valence-electron chi connectivity index (χ1n) is 5.72. The average Bonchev–Trinajstić information content (AvgIpc) is 2.83. The van der Waals surface area contributed by atoms with Gasteiger partial charge in [0.05, 0.1) is 10.7 Å². The van der Waals surface area contributed by atoms with E-state index < -0.39 is 15.8 Å². The Labute approximate surface area is 121 Å². The van der Waals surface area contributed by atoms with E-state index >= 15 is 0 Å². The molecule has 1 heterocycles. The lowest BCUT2D eigenvalue weighted by molar-refractivity contribution is 0.601. The van der Waals surface area contributed by atoms with Crippen molar-refractivity contribution in [3.63, 3.8) is 0 Å². The molecule has 0 saturated heterocycles. The van der Waals surface area contributed by atoms with E-state index in [4.69, 9.17) is 11.6 Å². The van der Waals surface area contributed by atoms with Gasteiger partial charge in [0, 0.05) is 18.4 Å². The molecule has 0 fully saturated rings. The summed E-state index contributed by atoms with van der Waals surface area (Å²) in [5.74, 6) is -0.532. The number of halogens is 2. The van der Waals surface area contributed by atoms with E-state index in [1.165, 1.54) is 18.3 Å². The highest BCUT2D eigenvalue weighted by atomic mass is 35.5. The van der Waals surface area contributed by atoms with Crippen LogP contribution in [0.2, 0.25) is 5.02 Å². The Morgan fingerprint density at radius 1 is 1.35 bits per heavy atom. The summed E-state index contributed by atoms with van der Waals surface area (Å²) in [6.45, 7) is 0.521. The molecule has 3 N–H and O–H groups in total. The van der Waals surface area contributed by atoms with Gasteiger partial charge in [0.2, 0.25) is 0 Å². The maximum Gasteiger partial charge on any atom is 0.263 e. The van der Waals surface area contributed by atoms with Crippen LogP contribution < -0.4 is 10.0 Å². The average molecular weight is 318 g/mol. The summed E-state index contributed by atoms with van der Waals surface area (Å²) >= 11 is 5.79. The summed E-state index contributed by atoms with van der Waals surface area (Å²) < 4.78 is 39.5. The molecule has 0 spiro atoms. The number of H-pyrrole nitrogens is 1. The summed E-state index contributed by atoms with van der Waals surface area (Å²) in [5.41, 5.74) is 0.863. The smallest absolute Gasteiger partial charge is 0.263 e. The van der Waals surface area contributed by atoms with Crippen LogP contribution in [0.25, 0.3) is 0 Å². The van der Waals surface area contributed by atoms with Crippen LogP contribution in [0, 0.1) is 5.82 Å². The van der Waals surface area contributed by atoms with E-state index in [2.05, 4.69) is 15.0 Å². The fourth-order valence-corrected chi connectivity index (χ4v) is 3.01. The molecule has 0 aliphatic heterocycles. The van der Waals surface area contributed by atoms with E-state index in [0.29, 0.717) is 6.54 Å². The summed E-state index contributed by atoms with van der Waals surface area (Å²) in [4.78, 5) is 2.93. The second-order valence-electron chi connectivity index (χ2n) is 4.12. The number of benzene rings is 1. The van der Waals surface area contributed by atoms with Crippen molar-refractivity contribution in [1.29, 1.82) is 0 Å². The molecule has 0 atom stereocenters. The number of aromatic nitrogens is 1. The van der Waals surface area contributed by atoms with Gasteiger partial charge in [0.15, 0.2) is 0 Å². The molecule has 2 rings (SSSR count). The summed E-state index contributed by atoms with van der Waals surface area (Å²) in [6.07, 6.45) is 1.38. The molecule has 0 amide bonds. The molecule has 5 nitrogen and oxygen atoms in total. The molecule has 2 aromatic rings. The van der Waals surface area contributed by atoms with Crippen molar-refractivity contribution in [3.05, 3.63) is 47.0 Å². The fourth-order valence-electron chi connectivity index (χ4n) is 1.64. The van der Waals surface area contributed by atoms with Crippen molar-refractivity contribution in [2.24, 2.45) is 0 Å². The predicted octanol–water partition coefficient (Wildman–Crippen LogP) is 2.33. The summed E-state index contributed by atoms with van der Waals surface area (Å²) in [7, 11) is -2.01. The monoisotopic (exact) mass is 317 g/mol. The zero-order valence-corrected chi connectivity index (χ0v) is 12.1. The highest BCUT2D eigenvalue weighted by Crippen LogP contribution is 2.25. The zero-order valence-electron chi connectivity index (χ0n) is 10.6. The van der Waals surface area contributed by atoms with Crippen LogP contribution >= 0.6 is 11.6 Å². The van der Waals surface area contributed by atoms with Gasteiger partial charge < -0.3 is 10.3 Å². The maximum atomic E-state index is 12.9. The largest absolute Gasteiger partial charge is 0.363 e. The SMILES string of the molecule is CNCc1cc(S(=O)(=O)Nc2ccc(F)cc2Cl)c[nH]1. The lowest BCUT2D eigenvalue weighted by atomic mass is 10.3. The number of hydrogen-bond acceptors (Lipinski definition) is 3. The van der Waals surface area contributed by atoms with Gasteiger partial charge in [0.1, 0.15) is 10.7 Å². The van der Waals surface area contributed by atoms with Gasteiger partial charge in [-0.05, 0) is 31.3 Å². The van der Waals surface area contributed by atoms with Gasteiger partial charge in [0.25, 0.3) is 10.0 Å². The van der Waals surface area contributed by atoms with Crippen LogP contribution in [0.1, 0.15) is 5.69 Å². The van der Waals surface area contributed by atoms with Crippen molar-refractivity contribution >= 4 is 27.3 Å². The second-order valence-corrected chi connectivity index (χ2v) is 6.21. The third kappa shape index (κ3) is 3.30. The molecular weight excluding hydrogens is 305 g/mol. The first kappa shape index (κ1) is 14.8. The molecule has 0 radical (unpaired) electrons. The lowest BCUT2D eigenvalue weighted by Crippen LogP contribution is -2.12. The Morgan fingerprint density at radius 3 is 2.75 bits per heavy atom. The van der Waals surface area contributed by atoms with E-state index in [-0.39, 0.29) is 15.6 Å². The number of aromatic amines is 1. The minimum Gasteiger partial charge on any atom is -0.363 e. The van der Waals surface area contributed by atoms with Crippen LogP contribution in [-0.4, -0.2) is 20.4 Å². The quantitative estimate of drug-likeness (QED) is 0.792. The van der Waals surface area contributed by atoms with Crippen LogP contribution in [0.3, 0.4) is 0 Å². The number of anilines is 1. The summed E-state index contributed by atoms with van der Waals surface area (Å²) in [5, 5.41) is 2.90. The second kappa shape index (κ2) is 5.82. The highest BCUT2D eigenvalue weighted by Gasteiger charge is 2.17. The highest BCUT2D eigenvalue weighted by molar-refractivity contribution is 7.92. The Hall–Kier alpha value is -1.57. The van der Waals surface area contributed by atoms with Crippen molar-refractivity contribution < 1.29 is 12.8 Å². The lowest BCUT2D eigenvalue weighted by Gasteiger charge is -2.08. The molecule has 0 aliphatic carbocycles. The molecule has 1 aromatic carbocycles. The first-order valence-corrected chi connectivity index (χ1v) is 7.58. The first-order chi connectivity index (χ1) is 9.42. The van der Waals surface area contributed by atoms with Gasteiger partial charge in [-0.3, -0.25) is 4.72 Å². The molecule has 20 heavy (non-hydrogen) atoms. The van der Waals surface area contributed by atoms with Gasteiger partial charge in [-0.15, -0.1) is 0 Å². The molecule has 0 bridgehead atoms. The van der Waals surface area contributed by atoms with Crippen molar-refractivity contribution in [2.75, 3.05) is 11.8 Å². The number of sulfonamides is 1. The molecule has 0 unspecified atom stereocenters. The molecule has 0 aliphatic rings. The maximum absolute atomic E-state index is 12.9. The fraction of sp³-hybridized carbons (Fsp3) is 0.167. The van der Waals surface area contributed by atoms with E-state index in [9.17, 15) is 12.8 Å². The van der Waals surface area contributed by atoms with Crippen LogP contribution in [0.5, 0.6) is 0 Å². The molecule has 108 valence electrons. The molecule has 1 aromatic heterocycles. The number of rotatable bonds is 5. The van der Waals surface area contributed by atoms with Gasteiger partial charge in [-0.25, -0.2) is 12.8 Å². The molecule has 8 heteroatoms. The van der Waals surface area contributed by atoms with Crippen molar-refractivity contribution in [2.45, 2.75) is 11.4 Å². The number of hydrogen-bond donors (Lipinski definition) is 3. The van der Waals surface area contributed by atoms with E-state index in [0.717, 1.165) is 17.8 Å². The van der Waals surface area contributed by atoms with Gasteiger partial charge in [-0.2, -0.15) is 0 Å². The van der Waals surface area contributed by atoms with Crippen molar-refractivity contribution in [1.82, 2.24) is 10.3 Å². The Balaban J connectivity index is 2.26. The third-order valence-electron chi connectivity index (χ3n) is 2.57. The standard InChI is InChI=1S/C12H13ClFN3O2S/c1-15-6-9-5-10(7-16-9)20(18,19)17-12-3-2-8(14)4-11(12)13/h2-5,7,15-17H,6H2,1H3. The van der Waals surface area contributed by atoms with Gasteiger partial charge in [-0.1, -0.05) is 11.6 Å². The van der Waals surface area contributed by atoms with Crippen LogP contribution in [-0.2, 0) is 16.6 Å². The molecular formula is C12H13ClFN3O2S. The molecule has 0 saturated carbocycles. The van der Waals surface area contributed by atoms with Crippen molar-refractivity contribution in [3.8, 4) is 0 Å². The minimum absolute atomic E-state index is 0.000408. The van der Waals surface area contributed by atoms with Crippen LogP contribution in [0.15, 0.2) is 35.4 Å². The topological polar surface area (TPSA) is 74.0 Å². The minimum atomic E-state index is -3.76. The van der Waals surface area contributed by atoms with Crippen LogP contribution in [0.4, 0.5) is 10.1 Å². The van der Waals surface area contributed by atoms with Gasteiger partial charge >= 0.3 is 0 Å².